The number of aliphatic carboxylic acids is 1. The number of carbonyl (C=O) groups is 1. The van der Waals surface area contributed by atoms with E-state index in [1.54, 1.807) is 12.1 Å². The highest BCUT2D eigenvalue weighted by molar-refractivity contribution is 5.96. The molecule has 0 saturated heterocycles. The Kier molecular flexibility index (Phi) is 3.93. The van der Waals surface area contributed by atoms with E-state index in [1.165, 1.54) is 18.2 Å². The predicted octanol–water partition coefficient (Wildman–Crippen LogP) is 4.25. The van der Waals surface area contributed by atoms with Crippen LogP contribution >= 0.6 is 0 Å². The largest absolute Gasteiger partial charge is 0.478 e. The summed E-state index contributed by atoms with van der Waals surface area (Å²) in [5.41, 5.74) is 3.94. The van der Waals surface area contributed by atoms with Gasteiger partial charge in [0.15, 0.2) is 0 Å². The molecular formula is C18H15FN2O2. The number of hydrogen-bond donors (Lipinski definition) is 2. The van der Waals surface area contributed by atoms with Gasteiger partial charge in [-0.25, -0.2) is 9.18 Å². The lowest BCUT2D eigenvalue weighted by Crippen LogP contribution is -1.92. The minimum atomic E-state index is -0.965. The molecule has 0 aliphatic carbocycles. The number of hydrogen-bond acceptors (Lipinski definition) is 2. The normalized spacial score (nSPS) is 11.8. The molecule has 0 bridgehead atoms. The molecule has 1 aromatic heterocycles. The molecule has 3 rings (SSSR count). The molecule has 4 nitrogen and oxygen atoms in total. The van der Waals surface area contributed by atoms with Crippen LogP contribution in [-0.4, -0.2) is 21.3 Å². The average Bonchev–Trinajstić information content (AvgIpc) is 2.96. The Balaban J connectivity index is 2.13. The van der Waals surface area contributed by atoms with E-state index in [0.717, 1.165) is 27.6 Å². The number of halogens is 1. The average molecular weight is 310 g/mol. The number of aromatic amines is 1. The van der Waals surface area contributed by atoms with Crippen molar-refractivity contribution in [2.24, 2.45) is 0 Å². The van der Waals surface area contributed by atoms with Crippen molar-refractivity contribution in [1.82, 2.24) is 10.2 Å². The Bertz CT molecular complexity index is 895. The van der Waals surface area contributed by atoms with Crippen LogP contribution in [0.3, 0.4) is 0 Å². The first-order valence-corrected chi connectivity index (χ1v) is 7.26. The first-order chi connectivity index (χ1) is 11.1. The van der Waals surface area contributed by atoms with Gasteiger partial charge in [0, 0.05) is 17.0 Å². The lowest BCUT2D eigenvalue weighted by Gasteiger charge is -2.05. The fraction of sp³-hybridized carbons (Fsp3) is 0.111. The number of fused-ring (bicyclic) bond motifs is 1. The number of carboxylic acids is 1. The number of carboxylic acid groups (broad SMARTS) is 1. The summed E-state index contributed by atoms with van der Waals surface area (Å²) < 4.78 is 13.1. The lowest BCUT2D eigenvalue weighted by atomic mass is 9.99. The quantitative estimate of drug-likeness (QED) is 0.708. The molecule has 2 aromatic carbocycles. The summed E-state index contributed by atoms with van der Waals surface area (Å²) in [5.74, 6) is -1.26. The summed E-state index contributed by atoms with van der Waals surface area (Å²) in [5, 5.41) is 17.1. The van der Waals surface area contributed by atoms with Crippen molar-refractivity contribution in [3.8, 4) is 11.3 Å². The molecule has 3 aromatic rings. The van der Waals surface area contributed by atoms with Gasteiger partial charge < -0.3 is 5.11 Å². The second-order valence-electron chi connectivity index (χ2n) is 5.20. The first kappa shape index (κ1) is 15.0. The number of nitrogens with one attached hydrogen (secondary N) is 1. The maximum Gasteiger partial charge on any atom is 0.328 e. The Morgan fingerprint density at radius 1 is 1.26 bits per heavy atom. The van der Waals surface area contributed by atoms with Crippen LogP contribution in [0.1, 0.15) is 18.9 Å². The van der Waals surface area contributed by atoms with E-state index < -0.39 is 5.97 Å². The molecule has 0 saturated carbocycles. The lowest BCUT2D eigenvalue weighted by molar-refractivity contribution is -0.131. The van der Waals surface area contributed by atoms with E-state index >= 15 is 0 Å². The standard InChI is InChI=1S/C18H15FN2O2/c1-2-11(10-17(22)23)13-5-8-16-15(9-13)18(21-20-16)12-3-6-14(19)7-4-12/h3-10H,2H2,1H3,(H,20,21)(H,22,23)/b11-10+. The van der Waals surface area contributed by atoms with Crippen molar-refractivity contribution < 1.29 is 14.3 Å². The van der Waals surface area contributed by atoms with Gasteiger partial charge in [-0.3, -0.25) is 5.10 Å². The van der Waals surface area contributed by atoms with Gasteiger partial charge in [0.05, 0.1) is 11.2 Å². The highest BCUT2D eigenvalue weighted by atomic mass is 19.1. The molecule has 0 aliphatic rings. The Labute approximate surface area is 132 Å². The zero-order valence-corrected chi connectivity index (χ0v) is 12.5. The number of H-pyrrole nitrogens is 1. The molecule has 0 aliphatic heterocycles. The fourth-order valence-corrected chi connectivity index (χ4v) is 2.58. The second-order valence-corrected chi connectivity index (χ2v) is 5.20. The number of aromatic nitrogens is 2. The third-order valence-corrected chi connectivity index (χ3v) is 3.73. The maximum atomic E-state index is 13.1. The van der Waals surface area contributed by atoms with E-state index in [-0.39, 0.29) is 5.82 Å². The molecule has 116 valence electrons. The van der Waals surface area contributed by atoms with Gasteiger partial charge >= 0.3 is 5.97 Å². The first-order valence-electron chi connectivity index (χ1n) is 7.26. The summed E-state index contributed by atoms with van der Waals surface area (Å²) in [6, 6.07) is 11.8. The molecular weight excluding hydrogens is 295 g/mol. The van der Waals surface area contributed by atoms with Crippen LogP contribution < -0.4 is 0 Å². The summed E-state index contributed by atoms with van der Waals surface area (Å²) in [4.78, 5) is 10.9. The van der Waals surface area contributed by atoms with Crippen molar-refractivity contribution in [2.75, 3.05) is 0 Å². The van der Waals surface area contributed by atoms with Crippen LogP contribution in [0, 0.1) is 5.82 Å². The van der Waals surface area contributed by atoms with E-state index in [4.69, 9.17) is 5.11 Å². The minimum absolute atomic E-state index is 0.299. The third-order valence-electron chi connectivity index (χ3n) is 3.73. The number of allylic oxidation sites excluding steroid dienone is 1. The summed E-state index contributed by atoms with van der Waals surface area (Å²) in [6.07, 6.45) is 1.83. The molecule has 2 N–H and O–H groups in total. The second kappa shape index (κ2) is 6.04. The van der Waals surface area contributed by atoms with Gasteiger partial charge in [-0.2, -0.15) is 5.10 Å². The maximum absolute atomic E-state index is 13.1. The summed E-state index contributed by atoms with van der Waals surface area (Å²) in [6.45, 7) is 1.91. The molecule has 0 unspecified atom stereocenters. The van der Waals surface area contributed by atoms with Gasteiger partial charge in [-0.15, -0.1) is 0 Å². The van der Waals surface area contributed by atoms with Crippen LogP contribution in [0.2, 0.25) is 0 Å². The highest BCUT2D eigenvalue weighted by Gasteiger charge is 2.11. The van der Waals surface area contributed by atoms with Crippen molar-refractivity contribution in [3.05, 3.63) is 59.9 Å². The van der Waals surface area contributed by atoms with Crippen molar-refractivity contribution >= 4 is 22.4 Å². The molecule has 0 atom stereocenters. The van der Waals surface area contributed by atoms with Crippen LogP contribution in [-0.2, 0) is 4.79 Å². The summed E-state index contributed by atoms with van der Waals surface area (Å²) >= 11 is 0. The van der Waals surface area contributed by atoms with E-state index in [2.05, 4.69) is 10.2 Å². The molecule has 0 spiro atoms. The fourth-order valence-electron chi connectivity index (χ4n) is 2.58. The zero-order valence-electron chi connectivity index (χ0n) is 12.5. The van der Waals surface area contributed by atoms with Crippen LogP contribution in [0.25, 0.3) is 27.7 Å². The Morgan fingerprint density at radius 3 is 2.65 bits per heavy atom. The van der Waals surface area contributed by atoms with Crippen LogP contribution in [0.15, 0.2) is 48.5 Å². The zero-order chi connectivity index (χ0) is 16.4. The Hall–Kier alpha value is -2.95. The monoisotopic (exact) mass is 310 g/mol. The van der Waals surface area contributed by atoms with E-state index in [1.807, 2.05) is 25.1 Å². The Morgan fingerprint density at radius 2 is 2.00 bits per heavy atom. The molecule has 23 heavy (non-hydrogen) atoms. The van der Waals surface area contributed by atoms with Gasteiger partial charge in [-0.1, -0.05) is 13.0 Å². The molecule has 0 fully saturated rings. The predicted molar refractivity (Wildman–Crippen MR) is 87.4 cm³/mol. The van der Waals surface area contributed by atoms with Crippen LogP contribution in [0.4, 0.5) is 4.39 Å². The van der Waals surface area contributed by atoms with Crippen molar-refractivity contribution in [1.29, 1.82) is 0 Å². The molecule has 0 radical (unpaired) electrons. The summed E-state index contributed by atoms with van der Waals surface area (Å²) in [7, 11) is 0. The van der Waals surface area contributed by atoms with Gasteiger partial charge in [0.25, 0.3) is 0 Å². The van der Waals surface area contributed by atoms with E-state index in [0.29, 0.717) is 12.1 Å². The highest BCUT2D eigenvalue weighted by Crippen LogP contribution is 2.29. The van der Waals surface area contributed by atoms with Crippen molar-refractivity contribution in [3.63, 3.8) is 0 Å². The number of rotatable bonds is 4. The van der Waals surface area contributed by atoms with Gasteiger partial charge in [-0.05, 0) is 54.0 Å². The number of benzene rings is 2. The molecule has 0 amide bonds. The third kappa shape index (κ3) is 2.99. The molecule has 5 heteroatoms. The van der Waals surface area contributed by atoms with Crippen molar-refractivity contribution in [2.45, 2.75) is 13.3 Å². The SMILES string of the molecule is CC/C(=C\C(=O)O)c1ccc2[nH]nc(-c3ccc(F)cc3)c2c1. The van der Waals surface area contributed by atoms with Crippen LogP contribution in [0.5, 0.6) is 0 Å². The smallest absolute Gasteiger partial charge is 0.328 e. The minimum Gasteiger partial charge on any atom is -0.478 e. The topological polar surface area (TPSA) is 66.0 Å². The van der Waals surface area contributed by atoms with Gasteiger partial charge in [0.1, 0.15) is 5.82 Å². The molecule has 1 heterocycles. The number of nitrogens with zero attached hydrogens (tertiary/aromatic N) is 1. The van der Waals surface area contributed by atoms with E-state index in [9.17, 15) is 9.18 Å². The van der Waals surface area contributed by atoms with Gasteiger partial charge in [0.2, 0.25) is 0 Å².